The van der Waals surface area contributed by atoms with Gasteiger partial charge in [-0.3, -0.25) is 4.79 Å². The van der Waals surface area contributed by atoms with E-state index in [0.29, 0.717) is 25.2 Å². The first-order chi connectivity index (χ1) is 8.19. The molecule has 0 amide bonds. The predicted molar refractivity (Wildman–Crippen MR) is 71.3 cm³/mol. The maximum atomic E-state index is 11.9. The van der Waals surface area contributed by atoms with Gasteiger partial charge in [-0.1, -0.05) is 0 Å². The fourth-order valence-corrected chi connectivity index (χ4v) is 2.92. The van der Waals surface area contributed by atoms with E-state index in [0.717, 1.165) is 9.35 Å². The molecule has 0 spiro atoms. The highest BCUT2D eigenvalue weighted by molar-refractivity contribution is 9.10. The third-order valence-corrected chi connectivity index (χ3v) is 3.96. The Kier molecular flexibility index (Phi) is 4.09. The quantitative estimate of drug-likeness (QED) is 0.860. The molecular weight excluding hydrogens is 302 g/mol. The van der Waals surface area contributed by atoms with Gasteiger partial charge in [0, 0.05) is 40.4 Å². The minimum absolute atomic E-state index is 0.0371. The molecule has 0 fully saturated rings. The Morgan fingerprint density at radius 3 is 3.06 bits per heavy atom. The van der Waals surface area contributed by atoms with Gasteiger partial charge < -0.3 is 10.3 Å². The summed E-state index contributed by atoms with van der Waals surface area (Å²) in [7, 11) is 0. The van der Waals surface area contributed by atoms with E-state index in [-0.39, 0.29) is 5.78 Å². The van der Waals surface area contributed by atoms with Crippen LogP contribution in [0.2, 0.25) is 0 Å². The zero-order valence-corrected chi connectivity index (χ0v) is 11.5. The standard InChI is InChI=1S/C11H12BrN3OS/c12-8-3-9(17-6-8)4-11(16)10-5-15(2-1-13)7-14-10/h3,5-7H,1-2,4,13H2. The lowest BCUT2D eigenvalue weighted by atomic mass is 10.2. The molecule has 0 aliphatic rings. The van der Waals surface area contributed by atoms with Crippen LogP contribution in [0, 0.1) is 0 Å². The highest BCUT2D eigenvalue weighted by atomic mass is 79.9. The zero-order chi connectivity index (χ0) is 12.3. The number of carbonyl (C=O) groups excluding carboxylic acids is 1. The summed E-state index contributed by atoms with van der Waals surface area (Å²) in [5.41, 5.74) is 5.94. The van der Waals surface area contributed by atoms with Crippen molar-refractivity contribution in [2.45, 2.75) is 13.0 Å². The highest BCUT2D eigenvalue weighted by Gasteiger charge is 2.11. The van der Waals surface area contributed by atoms with E-state index in [4.69, 9.17) is 5.73 Å². The molecule has 2 rings (SSSR count). The topological polar surface area (TPSA) is 60.9 Å². The maximum Gasteiger partial charge on any atom is 0.187 e. The van der Waals surface area contributed by atoms with Crippen molar-refractivity contribution in [3.05, 3.63) is 39.0 Å². The van der Waals surface area contributed by atoms with Crippen LogP contribution < -0.4 is 5.73 Å². The van der Waals surface area contributed by atoms with Gasteiger partial charge in [0.15, 0.2) is 5.78 Å². The number of hydrogen-bond acceptors (Lipinski definition) is 4. The molecule has 0 saturated heterocycles. The van der Waals surface area contributed by atoms with Crippen molar-refractivity contribution in [3.63, 3.8) is 0 Å². The lowest BCUT2D eigenvalue weighted by molar-refractivity contribution is 0.0989. The van der Waals surface area contributed by atoms with E-state index in [2.05, 4.69) is 20.9 Å². The van der Waals surface area contributed by atoms with Gasteiger partial charge in [-0.05, 0) is 22.0 Å². The first-order valence-electron chi connectivity index (χ1n) is 5.17. The second-order valence-electron chi connectivity index (χ2n) is 3.62. The van der Waals surface area contributed by atoms with Crippen LogP contribution in [-0.2, 0) is 13.0 Å². The van der Waals surface area contributed by atoms with E-state index in [1.54, 1.807) is 23.9 Å². The Hall–Kier alpha value is -0.980. The van der Waals surface area contributed by atoms with Crippen LogP contribution in [0.25, 0.3) is 0 Å². The van der Waals surface area contributed by atoms with Crippen LogP contribution in [0.5, 0.6) is 0 Å². The number of aromatic nitrogens is 2. The van der Waals surface area contributed by atoms with Gasteiger partial charge in [0.05, 0.1) is 6.33 Å². The van der Waals surface area contributed by atoms with Crippen molar-refractivity contribution >= 4 is 33.0 Å². The summed E-state index contributed by atoms with van der Waals surface area (Å²) in [5.74, 6) is 0.0371. The summed E-state index contributed by atoms with van der Waals surface area (Å²) < 4.78 is 2.84. The number of Topliss-reactive ketones (excluding diaryl/α,β-unsaturated/α-hetero) is 1. The molecule has 0 bridgehead atoms. The van der Waals surface area contributed by atoms with Gasteiger partial charge in [-0.2, -0.15) is 0 Å². The molecule has 0 unspecified atom stereocenters. The fourth-order valence-electron chi connectivity index (χ4n) is 1.47. The molecule has 0 aliphatic carbocycles. The number of thiophene rings is 1. The van der Waals surface area contributed by atoms with Gasteiger partial charge in [-0.15, -0.1) is 11.3 Å². The fraction of sp³-hybridized carbons (Fsp3) is 0.273. The summed E-state index contributed by atoms with van der Waals surface area (Å²) in [4.78, 5) is 17.1. The SMILES string of the molecule is NCCn1cnc(C(=O)Cc2cc(Br)cs2)c1. The highest BCUT2D eigenvalue weighted by Crippen LogP contribution is 2.21. The smallest absolute Gasteiger partial charge is 0.187 e. The molecular formula is C11H12BrN3OS. The number of carbonyl (C=O) groups is 1. The van der Waals surface area contributed by atoms with E-state index in [1.165, 1.54) is 0 Å². The molecule has 0 aromatic carbocycles. The molecule has 2 aromatic heterocycles. The Balaban J connectivity index is 2.03. The summed E-state index contributed by atoms with van der Waals surface area (Å²) in [6.07, 6.45) is 3.79. The molecule has 0 atom stereocenters. The minimum atomic E-state index is 0.0371. The average molecular weight is 314 g/mol. The van der Waals surface area contributed by atoms with Crippen molar-refractivity contribution < 1.29 is 4.79 Å². The first-order valence-corrected chi connectivity index (χ1v) is 6.84. The lowest BCUT2D eigenvalue weighted by Crippen LogP contribution is -2.08. The summed E-state index contributed by atoms with van der Waals surface area (Å²) >= 11 is 4.94. The zero-order valence-electron chi connectivity index (χ0n) is 9.10. The van der Waals surface area contributed by atoms with Gasteiger partial charge in [-0.25, -0.2) is 4.98 Å². The molecule has 6 heteroatoms. The van der Waals surface area contributed by atoms with Crippen LogP contribution in [0.15, 0.2) is 28.4 Å². The lowest BCUT2D eigenvalue weighted by Gasteiger charge is -1.96. The number of rotatable bonds is 5. The molecule has 0 aliphatic heterocycles. The van der Waals surface area contributed by atoms with Crippen LogP contribution >= 0.6 is 27.3 Å². The van der Waals surface area contributed by atoms with E-state index in [1.807, 2.05) is 16.0 Å². The molecule has 2 N–H and O–H groups in total. The molecule has 0 saturated carbocycles. The minimum Gasteiger partial charge on any atom is -0.335 e. The molecule has 0 radical (unpaired) electrons. The number of ketones is 1. The van der Waals surface area contributed by atoms with Crippen LogP contribution in [0.4, 0.5) is 0 Å². The van der Waals surface area contributed by atoms with Gasteiger partial charge in [0.25, 0.3) is 0 Å². The van der Waals surface area contributed by atoms with Crippen molar-refractivity contribution in [2.75, 3.05) is 6.54 Å². The second-order valence-corrected chi connectivity index (χ2v) is 5.53. The third kappa shape index (κ3) is 3.24. The molecule has 17 heavy (non-hydrogen) atoms. The van der Waals surface area contributed by atoms with Gasteiger partial charge in [0.1, 0.15) is 5.69 Å². The van der Waals surface area contributed by atoms with E-state index < -0.39 is 0 Å². The average Bonchev–Trinajstić information content (AvgIpc) is 2.88. The van der Waals surface area contributed by atoms with Crippen molar-refractivity contribution in [2.24, 2.45) is 5.73 Å². The third-order valence-electron chi connectivity index (χ3n) is 2.26. The van der Waals surface area contributed by atoms with Crippen molar-refractivity contribution in [1.82, 2.24) is 9.55 Å². The largest absolute Gasteiger partial charge is 0.335 e. The molecule has 4 nitrogen and oxygen atoms in total. The Labute approximate surface area is 112 Å². The number of halogens is 1. The van der Waals surface area contributed by atoms with Crippen LogP contribution in [-0.4, -0.2) is 21.9 Å². The van der Waals surface area contributed by atoms with Crippen molar-refractivity contribution in [1.29, 1.82) is 0 Å². The van der Waals surface area contributed by atoms with E-state index in [9.17, 15) is 4.79 Å². The van der Waals surface area contributed by atoms with Gasteiger partial charge >= 0.3 is 0 Å². The Morgan fingerprint density at radius 1 is 1.59 bits per heavy atom. The number of nitrogens with two attached hydrogens (primary N) is 1. The van der Waals surface area contributed by atoms with Gasteiger partial charge in [0.2, 0.25) is 0 Å². The molecule has 2 aromatic rings. The van der Waals surface area contributed by atoms with E-state index >= 15 is 0 Å². The Bertz CT molecular complexity index is 520. The number of imidazole rings is 1. The maximum absolute atomic E-state index is 11.9. The first kappa shape index (κ1) is 12.5. The monoisotopic (exact) mass is 313 g/mol. The van der Waals surface area contributed by atoms with Crippen LogP contribution in [0.3, 0.4) is 0 Å². The summed E-state index contributed by atoms with van der Waals surface area (Å²) in [5, 5.41) is 1.97. The summed E-state index contributed by atoms with van der Waals surface area (Å²) in [6.45, 7) is 1.23. The number of nitrogens with zero attached hydrogens (tertiary/aromatic N) is 2. The normalized spacial score (nSPS) is 10.7. The summed E-state index contributed by atoms with van der Waals surface area (Å²) in [6, 6.07) is 1.96. The molecule has 2 heterocycles. The Morgan fingerprint density at radius 2 is 2.41 bits per heavy atom. The second kappa shape index (κ2) is 5.57. The molecule has 90 valence electrons. The van der Waals surface area contributed by atoms with Crippen LogP contribution in [0.1, 0.15) is 15.4 Å². The van der Waals surface area contributed by atoms with Crippen molar-refractivity contribution in [3.8, 4) is 0 Å². The predicted octanol–water partition coefficient (Wildman–Crippen LogP) is 2.09. The number of hydrogen-bond donors (Lipinski definition) is 1.